The van der Waals surface area contributed by atoms with E-state index >= 15 is 0 Å². The quantitative estimate of drug-likeness (QED) is 0.752. The maximum absolute atomic E-state index is 11.6. The second-order valence-electron chi connectivity index (χ2n) is 3.65. The van der Waals surface area contributed by atoms with Crippen LogP contribution in [0.4, 0.5) is 0 Å². The summed E-state index contributed by atoms with van der Waals surface area (Å²) in [6.45, 7) is 4.08. The van der Waals surface area contributed by atoms with Crippen LogP contribution in [0.3, 0.4) is 0 Å². The molecule has 0 bridgehead atoms. The van der Waals surface area contributed by atoms with E-state index in [1.807, 2.05) is 37.3 Å². The zero-order chi connectivity index (χ0) is 11.1. The van der Waals surface area contributed by atoms with Crippen molar-refractivity contribution in [2.24, 2.45) is 0 Å². The third-order valence-corrected chi connectivity index (χ3v) is 6.25. The van der Waals surface area contributed by atoms with E-state index in [0.29, 0.717) is 0 Å². The molecule has 1 unspecified atom stereocenters. The van der Waals surface area contributed by atoms with Crippen molar-refractivity contribution in [3.8, 4) is 0 Å². The summed E-state index contributed by atoms with van der Waals surface area (Å²) in [5, 5.41) is 0. The van der Waals surface area contributed by atoms with Crippen LogP contribution in [0.25, 0.3) is 0 Å². The van der Waals surface area contributed by atoms with Crippen LogP contribution in [-0.4, -0.2) is 20.2 Å². The molecule has 15 heavy (non-hydrogen) atoms. The number of unbranched alkanes of at least 4 members (excludes halogenated alkanes) is 1. The molecule has 0 saturated heterocycles. The summed E-state index contributed by atoms with van der Waals surface area (Å²) in [5.74, 6) is 0. The van der Waals surface area contributed by atoms with Crippen molar-refractivity contribution in [1.29, 1.82) is 0 Å². The van der Waals surface area contributed by atoms with E-state index in [4.69, 9.17) is 3.07 Å². The van der Waals surface area contributed by atoms with Crippen LogP contribution >= 0.6 is 0 Å². The van der Waals surface area contributed by atoms with E-state index in [0.717, 1.165) is 22.8 Å². The van der Waals surface area contributed by atoms with Crippen LogP contribution in [0, 0.1) is 0 Å². The third kappa shape index (κ3) is 4.89. The van der Waals surface area contributed by atoms with Gasteiger partial charge in [-0.2, -0.15) is 0 Å². The van der Waals surface area contributed by atoms with Gasteiger partial charge in [0.25, 0.3) is 0 Å². The summed E-state index contributed by atoms with van der Waals surface area (Å²) in [6.07, 6.45) is 2.10. The molecule has 1 atom stereocenters. The molecule has 1 aromatic rings. The molecule has 0 amide bonds. The van der Waals surface area contributed by atoms with Crippen molar-refractivity contribution >= 4 is 20.2 Å². The molecule has 0 heterocycles. The predicted molar refractivity (Wildman–Crippen MR) is 62.1 cm³/mol. The molecule has 3 heteroatoms. The van der Waals surface area contributed by atoms with Gasteiger partial charge in [-0.1, -0.05) is 0 Å². The fourth-order valence-electron chi connectivity index (χ4n) is 1.37. The molecule has 1 aromatic carbocycles. The van der Waals surface area contributed by atoms with Crippen molar-refractivity contribution < 1.29 is 6.15 Å². The zero-order valence-corrected chi connectivity index (χ0v) is 12.3. The minimum atomic E-state index is -2.74. The third-order valence-electron chi connectivity index (χ3n) is 2.31. The van der Waals surface area contributed by atoms with Crippen LogP contribution in [0.5, 0.6) is 0 Å². The van der Waals surface area contributed by atoms with E-state index in [9.17, 15) is 3.08 Å². The second kappa shape index (κ2) is 7.12. The van der Waals surface area contributed by atoms with Crippen LogP contribution in [0.2, 0.25) is 4.44 Å². The summed E-state index contributed by atoms with van der Waals surface area (Å²) in [7, 11) is 0. The Bertz CT molecular complexity index is 298. The van der Waals surface area contributed by atoms with Gasteiger partial charge in [0.2, 0.25) is 0 Å². The summed E-state index contributed by atoms with van der Waals surface area (Å²) >= 11 is -2.74. The predicted octanol–water partition coefficient (Wildman–Crippen LogP) is 3.48. The molecular weight excluding hydrogens is 295 g/mol. The van der Waals surface area contributed by atoms with Crippen molar-refractivity contribution in [3.05, 3.63) is 35.9 Å². The van der Waals surface area contributed by atoms with Crippen molar-refractivity contribution in [2.75, 3.05) is 0 Å². The Morgan fingerprint density at radius 1 is 1.33 bits per heavy atom. The molecule has 2 nitrogen and oxygen atoms in total. The average Bonchev–Trinajstić information content (AvgIpc) is 2.27. The van der Waals surface area contributed by atoms with Gasteiger partial charge in [0, 0.05) is 0 Å². The Hall–Kier alpha value is -0.221. The standard InChI is InChI=1S/C8H9O.C4H9.O.Sn/c1-7(9)8-5-3-2-4-6-8;1-3-4-2;;/h2-7H,1H3;1,3-4H2,2H3;;/q-1;;;+1. The molecule has 0 saturated carbocycles. The van der Waals surface area contributed by atoms with Gasteiger partial charge in [-0.05, 0) is 0 Å². The molecule has 1 rings (SSSR count). The van der Waals surface area contributed by atoms with Gasteiger partial charge in [0.05, 0.1) is 0 Å². The van der Waals surface area contributed by atoms with E-state index < -0.39 is 20.2 Å². The molecule has 0 aliphatic rings. The van der Waals surface area contributed by atoms with Crippen LogP contribution in [-0.2, 0) is 6.15 Å². The van der Waals surface area contributed by atoms with Crippen LogP contribution in [0.15, 0.2) is 30.3 Å². The van der Waals surface area contributed by atoms with Crippen LogP contribution in [0.1, 0.15) is 38.4 Å². The van der Waals surface area contributed by atoms with Crippen molar-refractivity contribution in [1.82, 2.24) is 0 Å². The van der Waals surface area contributed by atoms with Gasteiger partial charge in [-0.15, -0.1) is 0 Å². The Labute approximate surface area is 99.3 Å². The summed E-state index contributed by atoms with van der Waals surface area (Å²) in [5.41, 5.74) is 1.11. The number of rotatable bonds is 6. The molecule has 0 aliphatic heterocycles. The van der Waals surface area contributed by atoms with E-state index in [-0.39, 0.29) is 6.10 Å². The van der Waals surface area contributed by atoms with Gasteiger partial charge in [-0.25, -0.2) is 0 Å². The van der Waals surface area contributed by atoms with E-state index in [1.165, 1.54) is 0 Å². The summed E-state index contributed by atoms with van der Waals surface area (Å²) in [4.78, 5) is 0. The first-order valence-electron chi connectivity index (χ1n) is 5.48. The van der Waals surface area contributed by atoms with Crippen molar-refractivity contribution in [3.63, 3.8) is 0 Å². The Morgan fingerprint density at radius 3 is 2.60 bits per heavy atom. The van der Waals surface area contributed by atoms with E-state index in [2.05, 4.69) is 6.92 Å². The maximum atomic E-state index is 11.6. The topological polar surface area (TPSA) is 26.3 Å². The normalized spacial score (nSPS) is 12.4. The molecule has 0 fully saturated rings. The van der Waals surface area contributed by atoms with E-state index in [1.54, 1.807) is 0 Å². The summed E-state index contributed by atoms with van der Waals surface area (Å²) in [6, 6.07) is 9.97. The fourth-order valence-corrected chi connectivity index (χ4v) is 5.05. The Morgan fingerprint density at radius 2 is 2.00 bits per heavy atom. The molecule has 0 aromatic heterocycles. The first kappa shape index (κ1) is 12.8. The van der Waals surface area contributed by atoms with Gasteiger partial charge in [-0.3, -0.25) is 0 Å². The van der Waals surface area contributed by atoms with Gasteiger partial charge >= 0.3 is 99.4 Å². The molecule has 0 N–H and O–H groups in total. The molecular formula is C12H18O2Sn. The monoisotopic (exact) mass is 314 g/mol. The molecule has 0 radical (unpaired) electrons. The SMILES string of the molecule is CCC[CH2][Sn](=[O])[O]C(C)c1ccccc1. The molecule has 0 spiro atoms. The van der Waals surface area contributed by atoms with Crippen LogP contribution < -0.4 is 0 Å². The number of benzene rings is 1. The van der Waals surface area contributed by atoms with Gasteiger partial charge in [0.15, 0.2) is 0 Å². The number of hydrogen-bond acceptors (Lipinski definition) is 2. The summed E-state index contributed by atoms with van der Waals surface area (Å²) < 4.78 is 18.0. The Balaban J connectivity index is 2.42. The fraction of sp³-hybridized carbons (Fsp3) is 0.500. The first-order valence-corrected chi connectivity index (χ1v) is 9.83. The van der Waals surface area contributed by atoms with Crippen molar-refractivity contribution in [2.45, 2.75) is 37.2 Å². The zero-order valence-electron chi connectivity index (χ0n) is 9.40. The Kier molecular flexibility index (Phi) is 6.10. The molecule has 82 valence electrons. The van der Waals surface area contributed by atoms with Gasteiger partial charge in [0.1, 0.15) is 0 Å². The first-order chi connectivity index (χ1) is 7.24. The average molecular weight is 313 g/mol. The molecule has 0 aliphatic carbocycles. The second-order valence-corrected chi connectivity index (χ2v) is 7.87. The number of hydrogen-bond donors (Lipinski definition) is 0. The minimum absolute atomic E-state index is 0.0186. The van der Waals surface area contributed by atoms with Gasteiger partial charge < -0.3 is 0 Å².